The average molecular weight is 537 g/mol. The summed E-state index contributed by atoms with van der Waals surface area (Å²) in [6, 6.07) is 25.6. The lowest BCUT2D eigenvalue weighted by molar-refractivity contribution is 0.0840. The summed E-state index contributed by atoms with van der Waals surface area (Å²) in [6.45, 7) is 4.22. The zero-order valence-corrected chi connectivity index (χ0v) is 22.6. The van der Waals surface area contributed by atoms with Crippen LogP contribution in [0.15, 0.2) is 84.9 Å². The molecule has 0 saturated carbocycles. The summed E-state index contributed by atoms with van der Waals surface area (Å²) in [5.41, 5.74) is 5.48. The lowest BCUT2D eigenvalue weighted by atomic mass is 9.95. The van der Waals surface area contributed by atoms with Crippen molar-refractivity contribution in [1.29, 1.82) is 0 Å². The van der Waals surface area contributed by atoms with Gasteiger partial charge in [-0.15, -0.1) is 0 Å². The Morgan fingerprint density at radius 3 is 1.32 bits per heavy atom. The molecule has 40 heavy (non-hydrogen) atoms. The van der Waals surface area contributed by atoms with E-state index < -0.39 is 0 Å². The maximum Gasteiger partial charge on any atom is 0.170 e. The number of aryl methyl sites for hydroxylation is 2. The molecule has 4 aromatic rings. The largest absolute Gasteiger partial charge is 0.508 e. The molecule has 2 atom stereocenters. The number of ether oxygens (including phenoxy) is 2. The molecule has 0 bridgehead atoms. The Morgan fingerprint density at radius 2 is 0.975 bits per heavy atom. The van der Waals surface area contributed by atoms with E-state index in [0.29, 0.717) is 35.5 Å². The van der Waals surface area contributed by atoms with Crippen molar-refractivity contribution in [3.8, 4) is 23.0 Å². The van der Waals surface area contributed by atoms with Crippen LogP contribution in [0.25, 0.3) is 0 Å². The molecule has 2 N–H and O–H groups in total. The van der Waals surface area contributed by atoms with E-state index in [1.807, 2.05) is 24.3 Å². The van der Waals surface area contributed by atoms with Crippen LogP contribution < -0.4 is 9.47 Å². The van der Waals surface area contributed by atoms with E-state index in [1.165, 1.54) is 35.4 Å². The van der Waals surface area contributed by atoms with Crippen LogP contribution in [0.2, 0.25) is 0 Å². The molecule has 2 heterocycles. The first-order valence-electron chi connectivity index (χ1n) is 13.6. The van der Waals surface area contributed by atoms with E-state index in [4.69, 9.17) is 9.47 Å². The summed E-state index contributed by atoms with van der Waals surface area (Å²) in [5.74, 6) is 1.28. The number of Topliss-reactive ketones (excluding diaryl/α,β-unsaturated/α-hetero) is 2. The quantitative estimate of drug-likeness (QED) is 0.284. The van der Waals surface area contributed by atoms with Crippen LogP contribution in [0, 0.1) is 0 Å². The third-order valence-electron chi connectivity index (χ3n) is 7.33. The minimum Gasteiger partial charge on any atom is -0.508 e. The highest BCUT2D eigenvalue weighted by Crippen LogP contribution is 2.37. The van der Waals surface area contributed by atoms with Gasteiger partial charge in [0.25, 0.3) is 0 Å². The zero-order valence-electron chi connectivity index (χ0n) is 22.6. The van der Waals surface area contributed by atoms with E-state index in [2.05, 4.69) is 38.1 Å². The molecule has 0 amide bonds. The molecule has 204 valence electrons. The maximum absolute atomic E-state index is 12.2. The fourth-order valence-electron chi connectivity index (χ4n) is 4.93. The van der Waals surface area contributed by atoms with Gasteiger partial charge in [0.2, 0.25) is 0 Å². The van der Waals surface area contributed by atoms with Gasteiger partial charge < -0.3 is 19.7 Å². The topological polar surface area (TPSA) is 93.1 Å². The van der Waals surface area contributed by atoms with Crippen LogP contribution in [0.3, 0.4) is 0 Å². The Balaban J connectivity index is 0.000000161. The average Bonchev–Trinajstić information content (AvgIpc) is 2.98. The fourth-order valence-corrected chi connectivity index (χ4v) is 4.93. The second-order valence-corrected chi connectivity index (χ2v) is 10.0. The molecule has 6 heteroatoms. The first-order valence-corrected chi connectivity index (χ1v) is 13.6. The summed E-state index contributed by atoms with van der Waals surface area (Å²) in [6.07, 6.45) is 2.11. The number of rotatable bonds is 4. The van der Waals surface area contributed by atoms with Crippen LogP contribution in [-0.2, 0) is 12.8 Å². The van der Waals surface area contributed by atoms with Crippen molar-refractivity contribution >= 4 is 11.6 Å². The summed E-state index contributed by atoms with van der Waals surface area (Å²) in [4.78, 5) is 24.3. The highest BCUT2D eigenvalue weighted by molar-refractivity contribution is 6.01. The highest BCUT2D eigenvalue weighted by Gasteiger charge is 2.29. The first-order chi connectivity index (χ1) is 19.3. The first kappa shape index (κ1) is 27.0. The van der Waals surface area contributed by atoms with Gasteiger partial charge in [-0.2, -0.15) is 0 Å². The van der Waals surface area contributed by atoms with Gasteiger partial charge >= 0.3 is 0 Å². The van der Waals surface area contributed by atoms with Crippen molar-refractivity contribution in [3.05, 3.63) is 118 Å². The highest BCUT2D eigenvalue weighted by atomic mass is 16.5. The van der Waals surface area contributed by atoms with E-state index in [-0.39, 0.29) is 35.3 Å². The van der Waals surface area contributed by atoms with Crippen molar-refractivity contribution < 1.29 is 29.3 Å². The molecule has 0 fully saturated rings. The molecule has 2 unspecified atom stereocenters. The van der Waals surface area contributed by atoms with Crippen LogP contribution in [-0.4, -0.2) is 21.8 Å². The molecule has 0 spiro atoms. The van der Waals surface area contributed by atoms with Crippen molar-refractivity contribution in [2.45, 2.75) is 51.7 Å². The third kappa shape index (κ3) is 5.86. The van der Waals surface area contributed by atoms with E-state index in [9.17, 15) is 19.8 Å². The second-order valence-electron chi connectivity index (χ2n) is 10.0. The maximum atomic E-state index is 12.2. The van der Waals surface area contributed by atoms with Crippen molar-refractivity contribution in [2.75, 3.05) is 0 Å². The van der Waals surface area contributed by atoms with Crippen LogP contribution in [0.5, 0.6) is 23.0 Å². The standard InChI is InChI=1S/2C17H16O3/c2*1-2-11-3-5-12(6-4-11)17-10-15(19)14-9-13(18)7-8-16(14)20-17/h2*3-9,17-18H,2,10H2,1H3. The Morgan fingerprint density at radius 1 is 0.600 bits per heavy atom. The molecular weight excluding hydrogens is 504 g/mol. The lowest BCUT2D eigenvalue weighted by Crippen LogP contribution is -2.20. The van der Waals surface area contributed by atoms with Gasteiger partial charge in [0.15, 0.2) is 11.6 Å². The van der Waals surface area contributed by atoms with Crippen LogP contribution >= 0.6 is 0 Å². The molecule has 2 aliphatic rings. The number of phenolic OH excluding ortho intramolecular Hbond substituents is 2. The summed E-state index contributed by atoms with van der Waals surface area (Å²) in [7, 11) is 0. The van der Waals surface area contributed by atoms with Gasteiger partial charge in [-0.05, 0) is 71.5 Å². The molecule has 2 aliphatic heterocycles. The Hall–Kier alpha value is -4.58. The second kappa shape index (κ2) is 11.7. The normalized spacial score (nSPS) is 17.4. The summed E-state index contributed by atoms with van der Waals surface area (Å²) < 4.78 is 11.8. The fraction of sp³-hybridized carbons (Fsp3) is 0.235. The van der Waals surface area contributed by atoms with Gasteiger partial charge in [0, 0.05) is 0 Å². The third-order valence-corrected chi connectivity index (χ3v) is 7.33. The van der Waals surface area contributed by atoms with Crippen molar-refractivity contribution in [3.63, 3.8) is 0 Å². The molecule has 0 aromatic heterocycles. The summed E-state index contributed by atoms with van der Waals surface area (Å²) >= 11 is 0. The number of fused-ring (bicyclic) bond motifs is 2. The van der Waals surface area contributed by atoms with Crippen LogP contribution in [0.4, 0.5) is 0 Å². The molecule has 4 aromatic carbocycles. The number of carbonyl (C=O) groups excluding carboxylic acids is 2. The zero-order chi connectivity index (χ0) is 28.2. The Kier molecular flexibility index (Phi) is 7.87. The van der Waals surface area contributed by atoms with Crippen molar-refractivity contribution in [2.24, 2.45) is 0 Å². The SMILES string of the molecule is CCc1ccc(C2CC(=O)c3cc(O)ccc3O2)cc1.CCc1ccc(C2CC(=O)c3cc(O)ccc3O2)cc1. The van der Waals surface area contributed by atoms with Gasteiger partial charge in [0.05, 0.1) is 24.0 Å². The number of aromatic hydroxyl groups is 2. The van der Waals surface area contributed by atoms with Crippen LogP contribution in [0.1, 0.15) is 81.9 Å². The van der Waals surface area contributed by atoms with Gasteiger partial charge in [-0.1, -0.05) is 62.4 Å². The molecular formula is C34H32O6. The van der Waals surface area contributed by atoms with E-state index >= 15 is 0 Å². The smallest absolute Gasteiger partial charge is 0.170 e. The molecule has 0 radical (unpaired) electrons. The number of phenols is 2. The van der Waals surface area contributed by atoms with E-state index in [0.717, 1.165) is 24.0 Å². The number of benzene rings is 4. The monoisotopic (exact) mass is 536 g/mol. The Bertz CT molecular complexity index is 1400. The van der Waals surface area contributed by atoms with Gasteiger partial charge in [-0.3, -0.25) is 9.59 Å². The van der Waals surface area contributed by atoms with E-state index in [1.54, 1.807) is 12.1 Å². The molecule has 6 nitrogen and oxygen atoms in total. The minimum atomic E-state index is -0.245. The number of hydrogen-bond acceptors (Lipinski definition) is 6. The number of ketones is 2. The molecule has 6 rings (SSSR count). The predicted molar refractivity (Wildman–Crippen MR) is 152 cm³/mol. The minimum absolute atomic E-state index is 0.00622. The summed E-state index contributed by atoms with van der Waals surface area (Å²) in [5, 5.41) is 18.9. The van der Waals surface area contributed by atoms with Crippen molar-refractivity contribution in [1.82, 2.24) is 0 Å². The Labute approximate surface area is 233 Å². The molecule has 0 saturated heterocycles. The molecule has 0 aliphatic carbocycles. The van der Waals surface area contributed by atoms with Gasteiger partial charge in [0.1, 0.15) is 35.2 Å². The lowest BCUT2D eigenvalue weighted by Gasteiger charge is -2.25. The number of carbonyl (C=O) groups is 2. The number of hydrogen-bond donors (Lipinski definition) is 2. The predicted octanol–water partition coefficient (Wildman–Crippen LogP) is 7.32. The van der Waals surface area contributed by atoms with Gasteiger partial charge in [-0.25, -0.2) is 0 Å².